The fourth-order valence-corrected chi connectivity index (χ4v) is 2.11. The zero-order valence-electron chi connectivity index (χ0n) is 11.2. The van der Waals surface area contributed by atoms with E-state index in [1.807, 2.05) is 0 Å². The number of alkyl halides is 3. The van der Waals surface area contributed by atoms with Crippen LogP contribution in [0.25, 0.3) is 0 Å². The summed E-state index contributed by atoms with van der Waals surface area (Å²) in [5, 5.41) is 2.79. The van der Waals surface area contributed by atoms with Crippen LogP contribution in [-0.4, -0.2) is 29.8 Å². The highest BCUT2D eigenvalue weighted by Gasteiger charge is 2.33. The quantitative estimate of drug-likeness (QED) is 0.645. The van der Waals surface area contributed by atoms with Crippen molar-refractivity contribution in [3.63, 3.8) is 0 Å². The number of likely N-dealkylation sites (N-methyl/N-ethyl adjacent to an activating group) is 1. The summed E-state index contributed by atoms with van der Waals surface area (Å²) in [6, 6.07) is 2.21. The van der Waals surface area contributed by atoms with Crippen molar-refractivity contribution >= 4 is 23.2 Å². The smallest absolute Gasteiger partial charge is 0.397 e. The first-order valence-electron chi connectivity index (χ1n) is 6.24. The van der Waals surface area contributed by atoms with Crippen molar-refractivity contribution in [3.05, 3.63) is 23.8 Å². The number of halogens is 3. The molecule has 0 saturated carbocycles. The summed E-state index contributed by atoms with van der Waals surface area (Å²) in [6.07, 6.45) is -4.00. The number of benzene rings is 1. The van der Waals surface area contributed by atoms with E-state index in [9.17, 15) is 22.8 Å². The van der Waals surface area contributed by atoms with Crippen LogP contribution in [0.4, 0.5) is 24.5 Å². The van der Waals surface area contributed by atoms with E-state index in [0.29, 0.717) is 0 Å². The van der Waals surface area contributed by atoms with Crippen LogP contribution in [0.5, 0.6) is 0 Å². The van der Waals surface area contributed by atoms with Gasteiger partial charge in [-0.3, -0.25) is 14.5 Å². The molecule has 1 aliphatic heterocycles. The number of amides is 2. The summed E-state index contributed by atoms with van der Waals surface area (Å²) in [7, 11) is 1.37. The number of imide groups is 1. The molecule has 1 atom stereocenters. The standard InChI is InChI=1S/C13H14F3N3O2/c1-19-11(20)5-4-10(12(19)21)18-9-3-2-7(6-8(9)17)13(14,15)16/h2-3,6,10,18H,4-5,17H2,1H3. The van der Waals surface area contributed by atoms with Gasteiger partial charge in [-0.1, -0.05) is 0 Å². The van der Waals surface area contributed by atoms with Crippen LogP contribution >= 0.6 is 0 Å². The number of nitrogens with one attached hydrogen (secondary N) is 1. The minimum Gasteiger partial charge on any atom is -0.397 e. The van der Waals surface area contributed by atoms with Gasteiger partial charge in [0, 0.05) is 13.5 Å². The minimum absolute atomic E-state index is 0.0998. The predicted molar refractivity (Wildman–Crippen MR) is 70.3 cm³/mol. The van der Waals surface area contributed by atoms with Crippen molar-refractivity contribution < 1.29 is 22.8 Å². The largest absolute Gasteiger partial charge is 0.416 e. The highest BCUT2D eigenvalue weighted by Crippen LogP contribution is 2.33. The number of hydrogen-bond acceptors (Lipinski definition) is 4. The molecular weight excluding hydrogens is 287 g/mol. The number of likely N-dealkylation sites (tertiary alicyclic amines) is 1. The second kappa shape index (κ2) is 5.27. The van der Waals surface area contributed by atoms with E-state index in [0.717, 1.165) is 17.0 Å². The van der Waals surface area contributed by atoms with Crippen molar-refractivity contribution in [2.45, 2.75) is 25.1 Å². The van der Waals surface area contributed by atoms with Crippen molar-refractivity contribution in [1.29, 1.82) is 0 Å². The summed E-state index contributed by atoms with van der Waals surface area (Å²) >= 11 is 0. The van der Waals surface area contributed by atoms with Crippen LogP contribution < -0.4 is 11.1 Å². The molecule has 2 amide bonds. The molecule has 0 aromatic heterocycles. The summed E-state index contributed by atoms with van der Waals surface area (Å²) < 4.78 is 37.6. The Bertz CT molecular complexity index is 587. The Morgan fingerprint density at radius 1 is 1.33 bits per heavy atom. The SMILES string of the molecule is CN1C(=O)CCC(Nc2ccc(C(F)(F)F)cc2N)C1=O. The average molecular weight is 301 g/mol. The number of nitrogens with zero attached hydrogens (tertiary/aromatic N) is 1. The number of anilines is 2. The Morgan fingerprint density at radius 2 is 2.00 bits per heavy atom. The van der Waals surface area contributed by atoms with Crippen LogP contribution in [-0.2, 0) is 15.8 Å². The van der Waals surface area contributed by atoms with Crippen molar-refractivity contribution in [1.82, 2.24) is 4.90 Å². The molecule has 1 saturated heterocycles. The van der Waals surface area contributed by atoms with E-state index in [-0.39, 0.29) is 30.1 Å². The number of nitrogen functional groups attached to an aromatic ring is 1. The summed E-state index contributed by atoms with van der Waals surface area (Å²) in [4.78, 5) is 24.3. The zero-order valence-corrected chi connectivity index (χ0v) is 11.2. The summed E-state index contributed by atoms with van der Waals surface area (Å²) in [6.45, 7) is 0. The third-order valence-corrected chi connectivity index (χ3v) is 3.36. The molecule has 0 spiro atoms. The normalized spacial score (nSPS) is 19.8. The second-order valence-electron chi connectivity index (χ2n) is 4.83. The van der Waals surface area contributed by atoms with Gasteiger partial charge in [0.25, 0.3) is 5.91 Å². The molecule has 0 aliphatic carbocycles. The van der Waals surface area contributed by atoms with Gasteiger partial charge in [0.15, 0.2) is 0 Å². The van der Waals surface area contributed by atoms with Crippen LogP contribution in [0.2, 0.25) is 0 Å². The van der Waals surface area contributed by atoms with Gasteiger partial charge >= 0.3 is 6.18 Å². The van der Waals surface area contributed by atoms with E-state index in [1.54, 1.807) is 0 Å². The molecule has 1 unspecified atom stereocenters. The second-order valence-corrected chi connectivity index (χ2v) is 4.83. The van der Waals surface area contributed by atoms with E-state index >= 15 is 0 Å². The molecule has 114 valence electrons. The molecule has 8 heteroatoms. The third-order valence-electron chi connectivity index (χ3n) is 3.36. The molecule has 2 rings (SSSR count). The number of nitrogens with two attached hydrogens (primary N) is 1. The third kappa shape index (κ3) is 3.09. The van der Waals surface area contributed by atoms with Crippen molar-refractivity contribution in [3.8, 4) is 0 Å². The zero-order chi connectivity index (χ0) is 15.8. The molecule has 0 radical (unpaired) electrons. The van der Waals surface area contributed by atoms with Crippen LogP contribution in [0.3, 0.4) is 0 Å². The maximum atomic E-state index is 12.5. The lowest BCUT2D eigenvalue weighted by Crippen LogP contribution is -2.48. The van der Waals surface area contributed by atoms with Gasteiger partial charge in [-0.25, -0.2) is 0 Å². The lowest BCUT2D eigenvalue weighted by atomic mass is 10.0. The molecule has 5 nitrogen and oxygen atoms in total. The number of hydrogen-bond donors (Lipinski definition) is 2. The molecule has 1 fully saturated rings. The van der Waals surface area contributed by atoms with Crippen molar-refractivity contribution in [2.24, 2.45) is 0 Å². The molecule has 1 aromatic rings. The van der Waals surface area contributed by atoms with Gasteiger partial charge in [-0.15, -0.1) is 0 Å². The van der Waals surface area contributed by atoms with Gasteiger partial charge in [0.1, 0.15) is 6.04 Å². The fraction of sp³-hybridized carbons (Fsp3) is 0.385. The van der Waals surface area contributed by atoms with Gasteiger partial charge in [0.05, 0.1) is 16.9 Å². The van der Waals surface area contributed by atoms with Crippen LogP contribution in [0, 0.1) is 0 Å². The Hall–Kier alpha value is -2.25. The number of carbonyl (C=O) groups is 2. The van der Waals surface area contributed by atoms with E-state index in [1.165, 1.54) is 13.1 Å². The molecule has 0 bridgehead atoms. The first-order chi connectivity index (χ1) is 9.70. The molecule has 21 heavy (non-hydrogen) atoms. The summed E-state index contributed by atoms with van der Waals surface area (Å²) in [5.74, 6) is -0.705. The monoisotopic (exact) mass is 301 g/mol. The molecule has 1 heterocycles. The van der Waals surface area contributed by atoms with Gasteiger partial charge < -0.3 is 11.1 Å². The topological polar surface area (TPSA) is 75.4 Å². The number of carbonyl (C=O) groups excluding carboxylic acids is 2. The molecular formula is C13H14F3N3O2. The molecule has 1 aromatic carbocycles. The Balaban J connectivity index is 2.17. The fourth-order valence-electron chi connectivity index (χ4n) is 2.11. The highest BCUT2D eigenvalue weighted by molar-refractivity contribution is 6.01. The number of piperidine rings is 1. The van der Waals surface area contributed by atoms with Crippen LogP contribution in [0.1, 0.15) is 18.4 Å². The average Bonchev–Trinajstić information content (AvgIpc) is 2.40. The maximum Gasteiger partial charge on any atom is 0.416 e. The molecule has 1 aliphatic rings. The summed E-state index contributed by atoms with van der Waals surface area (Å²) in [5.41, 5.74) is 4.87. The van der Waals surface area contributed by atoms with E-state index in [2.05, 4.69) is 5.32 Å². The predicted octanol–water partition coefficient (Wildman–Crippen LogP) is 1.85. The van der Waals surface area contributed by atoms with Crippen LogP contribution in [0.15, 0.2) is 18.2 Å². The van der Waals surface area contributed by atoms with Gasteiger partial charge in [0.2, 0.25) is 5.91 Å². The first kappa shape index (κ1) is 15.1. The minimum atomic E-state index is -4.47. The maximum absolute atomic E-state index is 12.5. The lowest BCUT2D eigenvalue weighted by molar-refractivity contribution is -0.146. The van der Waals surface area contributed by atoms with Crippen molar-refractivity contribution in [2.75, 3.05) is 18.1 Å². The Labute approximate surface area is 118 Å². The Morgan fingerprint density at radius 3 is 2.57 bits per heavy atom. The van der Waals surface area contributed by atoms with E-state index < -0.39 is 23.7 Å². The van der Waals surface area contributed by atoms with E-state index in [4.69, 9.17) is 5.73 Å². The lowest BCUT2D eigenvalue weighted by Gasteiger charge is -2.29. The Kier molecular flexibility index (Phi) is 3.80. The first-order valence-corrected chi connectivity index (χ1v) is 6.24. The molecule has 3 N–H and O–H groups in total. The highest BCUT2D eigenvalue weighted by atomic mass is 19.4. The number of rotatable bonds is 2. The van der Waals surface area contributed by atoms with Gasteiger partial charge in [-0.2, -0.15) is 13.2 Å². The van der Waals surface area contributed by atoms with Gasteiger partial charge in [-0.05, 0) is 24.6 Å².